The Labute approximate surface area is 131 Å². The SMILES string of the molecule is CC(C)(C)c1ccc(-c2nc3ccc(Br)cc3s2)cc1. The van der Waals surface area contributed by atoms with E-state index in [0.717, 1.165) is 15.0 Å². The van der Waals surface area contributed by atoms with Gasteiger partial charge in [0.25, 0.3) is 0 Å². The summed E-state index contributed by atoms with van der Waals surface area (Å²) >= 11 is 5.24. The minimum atomic E-state index is 0.191. The van der Waals surface area contributed by atoms with E-state index < -0.39 is 0 Å². The first-order chi connectivity index (χ1) is 9.43. The first-order valence-corrected chi connectivity index (χ1v) is 8.21. The second kappa shape index (κ2) is 4.97. The van der Waals surface area contributed by atoms with Crippen LogP contribution < -0.4 is 0 Å². The van der Waals surface area contributed by atoms with Gasteiger partial charge in [0.1, 0.15) is 5.01 Å². The van der Waals surface area contributed by atoms with Crippen LogP contribution in [0.15, 0.2) is 46.9 Å². The van der Waals surface area contributed by atoms with Crippen LogP contribution in [0.3, 0.4) is 0 Å². The van der Waals surface area contributed by atoms with Crippen LogP contribution in [0.1, 0.15) is 26.3 Å². The standard InChI is InChI=1S/C17H16BrNS/c1-17(2,3)12-6-4-11(5-7-12)16-19-14-9-8-13(18)10-15(14)20-16/h4-10H,1-3H3. The summed E-state index contributed by atoms with van der Waals surface area (Å²) in [6.07, 6.45) is 0. The van der Waals surface area contributed by atoms with Crippen molar-refractivity contribution in [3.8, 4) is 10.6 Å². The Morgan fingerprint density at radius 1 is 1.00 bits per heavy atom. The smallest absolute Gasteiger partial charge is 0.124 e. The topological polar surface area (TPSA) is 12.9 Å². The van der Waals surface area contributed by atoms with E-state index >= 15 is 0 Å². The first-order valence-electron chi connectivity index (χ1n) is 6.60. The number of nitrogens with zero attached hydrogens (tertiary/aromatic N) is 1. The fourth-order valence-electron chi connectivity index (χ4n) is 2.13. The van der Waals surface area contributed by atoms with Crippen LogP contribution in [0.25, 0.3) is 20.8 Å². The quantitative estimate of drug-likeness (QED) is 0.525. The van der Waals surface area contributed by atoms with Crippen molar-refractivity contribution in [3.05, 3.63) is 52.5 Å². The molecule has 0 spiro atoms. The van der Waals surface area contributed by atoms with E-state index in [0.29, 0.717) is 0 Å². The zero-order chi connectivity index (χ0) is 14.3. The van der Waals surface area contributed by atoms with Gasteiger partial charge in [0.2, 0.25) is 0 Å². The van der Waals surface area contributed by atoms with Gasteiger partial charge in [0.05, 0.1) is 10.2 Å². The molecule has 0 radical (unpaired) electrons. The van der Waals surface area contributed by atoms with E-state index in [1.54, 1.807) is 11.3 Å². The highest BCUT2D eigenvalue weighted by Gasteiger charge is 2.14. The van der Waals surface area contributed by atoms with Crippen LogP contribution in [0.5, 0.6) is 0 Å². The summed E-state index contributed by atoms with van der Waals surface area (Å²) in [5, 5.41) is 1.08. The average molecular weight is 346 g/mol. The van der Waals surface area contributed by atoms with Gasteiger partial charge >= 0.3 is 0 Å². The number of hydrogen-bond donors (Lipinski definition) is 0. The Hall–Kier alpha value is -1.19. The lowest BCUT2D eigenvalue weighted by atomic mass is 9.87. The summed E-state index contributed by atoms with van der Waals surface area (Å²) in [6, 6.07) is 15.0. The van der Waals surface area contributed by atoms with Crippen molar-refractivity contribution in [2.24, 2.45) is 0 Å². The van der Waals surface area contributed by atoms with Gasteiger partial charge < -0.3 is 0 Å². The molecule has 0 saturated carbocycles. The van der Waals surface area contributed by atoms with E-state index in [1.165, 1.54) is 15.8 Å². The largest absolute Gasteiger partial charge is 0.236 e. The Morgan fingerprint density at radius 2 is 1.70 bits per heavy atom. The Balaban J connectivity index is 2.02. The van der Waals surface area contributed by atoms with Gasteiger partial charge in [-0.25, -0.2) is 4.98 Å². The molecule has 2 aromatic carbocycles. The maximum atomic E-state index is 4.71. The van der Waals surface area contributed by atoms with E-state index in [4.69, 9.17) is 4.98 Å². The van der Waals surface area contributed by atoms with Gasteiger partial charge in [-0.15, -0.1) is 11.3 Å². The maximum Gasteiger partial charge on any atom is 0.124 e. The van der Waals surface area contributed by atoms with Crippen molar-refractivity contribution in [2.75, 3.05) is 0 Å². The van der Waals surface area contributed by atoms with Gasteiger partial charge in [0, 0.05) is 10.0 Å². The van der Waals surface area contributed by atoms with Crippen molar-refractivity contribution in [3.63, 3.8) is 0 Å². The normalized spacial score (nSPS) is 12.0. The number of fused-ring (bicyclic) bond motifs is 1. The second-order valence-corrected chi connectivity index (χ2v) is 7.90. The predicted molar refractivity (Wildman–Crippen MR) is 91.5 cm³/mol. The summed E-state index contributed by atoms with van der Waals surface area (Å²) in [5.74, 6) is 0. The monoisotopic (exact) mass is 345 g/mol. The molecule has 0 N–H and O–H groups in total. The Morgan fingerprint density at radius 3 is 2.35 bits per heavy atom. The molecule has 0 unspecified atom stereocenters. The molecule has 20 heavy (non-hydrogen) atoms. The van der Waals surface area contributed by atoms with Crippen molar-refractivity contribution in [2.45, 2.75) is 26.2 Å². The highest BCUT2D eigenvalue weighted by molar-refractivity contribution is 9.10. The van der Waals surface area contributed by atoms with Crippen molar-refractivity contribution in [1.29, 1.82) is 0 Å². The summed E-state index contributed by atoms with van der Waals surface area (Å²) in [5.41, 5.74) is 3.80. The molecule has 3 rings (SSSR count). The maximum absolute atomic E-state index is 4.71. The third kappa shape index (κ3) is 2.65. The molecule has 0 amide bonds. The van der Waals surface area contributed by atoms with E-state index in [2.05, 4.69) is 73.1 Å². The molecule has 3 heteroatoms. The summed E-state index contributed by atoms with van der Waals surface area (Å²) in [4.78, 5) is 4.71. The zero-order valence-corrected chi connectivity index (χ0v) is 14.2. The van der Waals surface area contributed by atoms with E-state index in [1.807, 2.05) is 6.07 Å². The first kappa shape index (κ1) is 13.8. The molecule has 0 fully saturated rings. The fraction of sp³-hybridized carbons (Fsp3) is 0.235. The summed E-state index contributed by atoms with van der Waals surface area (Å²) < 4.78 is 2.32. The number of rotatable bonds is 1. The molecule has 0 bridgehead atoms. The molecule has 1 nitrogen and oxygen atoms in total. The second-order valence-electron chi connectivity index (χ2n) is 5.96. The van der Waals surface area contributed by atoms with Gasteiger partial charge in [0.15, 0.2) is 0 Å². The van der Waals surface area contributed by atoms with Crippen LogP contribution in [0, 0.1) is 0 Å². The minimum Gasteiger partial charge on any atom is -0.236 e. The Bertz CT molecular complexity index is 751. The molecule has 1 heterocycles. The van der Waals surface area contributed by atoms with Crippen molar-refractivity contribution < 1.29 is 0 Å². The third-order valence-corrected chi connectivity index (χ3v) is 4.91. The lowest BCUT2D eigenvalue weighted by Crippen LogP contribution is -2.10. The van der Waals surface area contributed by atoms with Gasteiger partial charge in [-0.1, -0.05) is 61.0 Å². The summed E-state index contributed by atoms with van der Waals surface area (Å²) in [7, 11) is 0. The van der Waals surface area contributed by atoms with E-state index in [9.17, 15) is 0 Å². The van der Waals surface area contributed by atoms with Crippen molar-refractivity contribution in [1.82, 2.24) is 4.98 Å². The predicted octanol–water partition coefficient (Wildman–Crippen LogP) is 6.02. The molecule has 102 valence electrons. The number of aromatic nitrogens is 1. The third-order valence-electron chi connectivity index (χ3n) is 3.35. The number of thiazole rings is 1. The van der Waals surface area contributed by atoms with Gasteiger partial charge in [-0.05, 0) is 29.2 Å². The van der Waals surface area contributed by atoms with Crippen LogP contribution in [0.2, 0.25) is 0 Å². The van der Waals surface area contributed by atoms with Crippen LogP contribution >= 0.6 is 27.3 Å². The molecule has 0 atom stereocenters. The molecule has 0 saturated heterocycles. The molecule has 0 aliphatic rings. The number of benzene rings is 2. The highest BCUT2D eigenvalue weighted by atomic mass is 79.9. The average Bonchev–Trinajstić information content (AvgIpc) is 2.80. The van der Waals surface area contributed by atoms with Crippen molar-refractivity contribution >= 4 is 37.5 Å². The molecular formula is C17H16BrNS. The fourth-order valence-corrected chi connectivity index (χ4v) is 3.66. The molecule has 1 aromatic heterocycles. The van der Waals surface area contributed by atoms with Crippen LogP contribution in [0.4, 0.5) is 0 Å². The molecular weight excluding hydrogens is 330 g/mol. The zero-order valence-electron chi connectivity index (χ0n) is 11.8. The highest BCUT2D eigenvalue weighted by Crippen LogP contribution is 2.33. The molecule has 0 aliphatic carbocycles. The lowest BCUT2D eigenvalue weighted by Gasteiger charge is -2.18. The summed E-state index contributed by atoms with van der Waals surface area (Å²) in [6.45, 7) is 6.70. The lowest BCUT2D eigenvalue weighted by molar-refractivity contribution is 0.590. The van der Waals surface area contributed by atoms with E-state index in [-0.39, 0.29) is 5.41 Å². The van der Waals surface area contributed by atoms with Gasteiger partial charge in [-0.2, -0.15) is 0 Å². The van der Waals surface area contributed by atoms with Crippen LogP contribution in [-0.2, 0) is 5.41 Å². The van der Waals surface area contributed by atoms with Gasteiger partial charge in [-0.3, -0.25) is 0 Å². The number of hydrogen-bond acceptors (Lipinski definition) is 2. The van der Waals surface area contributed by atoms with Crippen LogP contribution in [-0.4, -0.2) is 4.98 Å². The Kier molecular flexibility index (Phi) is 3.43. The molecule has 0 aliphatic heterocycles. The number of halogens is 1. The minimum absolute atomic E-state index is 0.191. The molecule has 3 aromatic rings.